The molecule has 4 unspecified atom stereocenters. The highest BCUT2D eigenvalue weighted by Gasteiger charge is 2.59. The molecule has 5 nitrogen and oxygen atoms in total. The second-order valence-corrected chi connectivity index (χ2v) is 8.33. The minimum atomic E-state index is -0.162. The molecule has 1 saturated heterocycles. The molecular formula is C21H27N2O3+. The third-order valence-corrected chi connectivity index (χ3v) is 6.37. The van der Waals surface area contributed by atoms with E-state index in [1.54, 1.807) is 0 Å². The lowest BCUT2D eigenvalue weighted by Gasteiger charge is -2.28. The second-order valence-electron chi connectivity index (χ2n) is 8.33. The molecule has 1 aliphatic heterocycles. The zero-order chi connectivity index (χ0) is 18.5. The summed E-state index contributed by atoms with van der Waals surface area (Å²) in [5, 5.41) is 0. The van der Waals surface area contributed by atoms with Gasteiger partial charge in [0.1, 0.15) is 18.9 Å². The fourth-order valence-electron chi connectivity index (χ4n) is 4.44. The SMILES string of the molecule is CC[N+](C)(C)CCOc1cccc(N2C(=O)C3C4C=CC(C4)C3C2=O)c1. The van der Waals surface area contributed by atoms with Crippen molar-refractivity contribution in [3.05, 3.63) is 36.4 Å². The molecule has 1 saturated carbocycles. The van der Waals surface area contributed by atoms with E-state index in [1.807, 2.05) is 24.3 Å². The molecule has 0 radical (unpaired) electrons. The summed E-state index contributed by atoms with van der Waals surface area (Å²) in [4.78, 5) is 27.2. The van der Waals surface area contributed by atoms with Crippen molar-refractivity contribution in [2.75, 3.05) is 38.7 Å². The molecule has 2 amide bonds. The summed E-state index contributed by atoms with van der Waals surface area (Å²) in [6.07, 6.45) is 5.19. The first-order chi connectivity index (χ1) is 12.4. The Hall–Kier alpha value is -2.14. The Morgan fingerprint density at radius 3 is 2.38 bits per heavy atom. The first kappa shape index (κ1) is 17.3. The van der Waals surface area contributed by atoms with Gasteiger partial charge < -0.3 is 9.22 Å². The Labute approximate surface area is 154 Å². The Morgan fingerprint density at radius 1 is 1.12 bits per heavy atom. The topological polar surface area (TPSA) is 46.6 Å². The van der Waals surface area contributed by atoms with Crippen LogP contribution < -0.4 is 9.64 Å². The number of likely N-dealkylation sites (N-methyl/N-ethyl adjacent to an activating group) is 1. The van der Waals surface area contributed by atoms with Crippen molar-refractivity contribution in [1.82, 2.24) is 0 Å². The number of allylic oxidation sites excluding steroid dienone is 2. The normalized spacial score (nSPS) is 29.6. The van der Waals surface area contributed by atoms with Crippen LogP contribution in [0.2, 0.25) is 0 Å². The number of anilines is 1. The molecule has 0 spiro atoms. The molecule has 2 fully saturated rings. The molecule has 26 heavy (non-hydrogen) atoms. The fourth-order valence-corrected chi connectivity index (χ4v) is 4.44. The Bertz CT molecular complexity index is 740. The molecule has 0 aromatic heterocycles. The van der Waals surface area contributed by atoms with E-state index in [0.29, 0.717) is 18.0 Å². The van der Waals surface area contributed by atoms with Gasteiger partial charge in [0.2, 0.25) is 11.8 Å². The predicted molar refractivity (Wildman–Crippen MR) is 99.7 cm³/mol. The quantitative estimate of drug-likeness (QED) is 0.447. The van der Waals surface area contributed by atoms with Crippen LogP contribution in [0.25, 0.3) is 0 Å². The van der Waals surface area contributed by atoms with E-state index in [4.69, 9.17) is 4.74 Å². The molecule has 1 aromatic carbocycles. The number of amides is 2. The molecule has 5 heteroatoms. The van der Waals surface area contributed by atoms with Gasteiger partial charge in [-0.05, 0) is 37.3 Å². The third kappa shape index (κ3) is 2.75. The molecule has 4 rings (SSSR count). The number of carbonyl (C=O) groups excluding carboxylic acids is 2. The number of fused-ring (bicyclic) bond motifs is 5. The monoisotopic (exact) mass is 355 g/mol. The van der Waals surface area contributed by atoms with Crippen LogP contribution in [0.1, 0.15) is 13.3 Å². The summed E-state index contributed by atoms with van der Waals surface area (Å²) < 4.78 is 6.78. The van der Waals surface area contributed by atoms with Crippen LogP contribution in [0.4, 0.5) is 5.69 Å². The number of nitrogens with zero attached hydrogens (tertiary/aromatic N) is 2. The summed E-state index contributed by atoms with van der Waals surface area (Å²) in [5.41, 5.74) is 0.635. The van der Waals surface area contributed by atoms with Gasteiger partial charge in [0.15, 0.2) is 0 Å². The Kier molecular flexibility index (Phi) is 4.14. The first-order valence-electron chi connectivity index (χ1n) is 9.52. The van der Waals surface area contributed by atoms with Crippen LogP contribution in [0, 0.1) is 23.7 Å². The van der Waals surface area contributed by atoms with Gasteiger partial charge in [-0.3, -0.25) is 9.59 Å². The average Bonchev–Trinajstić information content (AvgIpc) is 3.29. The molecule has 3 aliphatic rings. The number of hydrogen-bond donors (Lipinski definition) is 0. The molecule has 138 valence electrons. The zero-order valence-corrected chi connectivity index (χ0v) is 15.7. The van der Waals surface area contributed by atoms with Crippen molar-refractivity contribution in [3.8, 4) is 5.75 Å². The standard InChI is InChI=1S/C21H27N2O3/c1-4-23(2,3)10-11-26-17-7-5-6-16(13-17)22-20(24)18-14-8-9-15(12-14)19(18)21(22)25/h5-9,13-15,18-19H,4,10-12H2,1-3H3/q+1. The second kappa shape index (κ2) is 6.23. The molecule has 1 heterocycles. The van der Waals surface area contributed by atoms with Gasteiger partial charge in [0.05, 0.1) is 38.2 Å². The number of quaternary nitrogens is 1. The van der Waals surface area contributed by atoms with Crippen LogP contribution in [0.5, 0.6) is 5.75 Å². The van der Waals surface area contributed by atoms with E-state index < -0.39 is 0 Å². The van der Waals surface area contributed by atoms with Crippen molar-refractivity contribution in [3.63, 3.8) is 0 Å². The summed E-state index contributed by atoms with van der Waals surface area (Å²) in [6, 6.07) is 7.38. The van der Waals surface area contributed by atoms with Crippen LogP contribution >= 0.6 is 0 Å². The summed E-state index contributed by atoms with van der Waals surface area (Å²) >= 11 is 0. The maximum Gasteiger partial charge on any atom is 0.238 e. The van der Waals surface area contributed by atoms with E-state index in [2.05, 4.69) is 33.2 Å². The molecule has 0 N–H and O–H groups in total. The molecular weight excluding hydrogens is 328 g/mol. The van der Waals surface area contributed by atoms with E-state index in [1.165, 1.54) is 4.90 Å². The van der Waals surface area contributed by atoms with Crippen molar-refractivity contribution < 1.29 is 18.8 Å². The highest BCUT2D eigenvalue weighted by Crippen LogP contribution is 2.53. The van der Waals surface area contributed by atoms with E-state index in [9.17, 15) is 9.59 Å². The Morgan fingerprint density at radius 2 is 1.77 bits per heavy atom. The maximum atomic E-state index is 12.9. The molecule has 2 bridgehead atoms. The number of benzene rings is 1. The van der Waals surface area contributed by atoms with Crippen LogP contribution in [0.3, 0.4) is 0 Å². The largest absolute Gasteiger partial charge is 0.488 e. The minimum Gasteiger partial charge on any atom is -0.488 e. The number of imide groups is 1. The average molecular weight is 355 g/mol. The highest BCUT2D eigenvalue weighted by atomic mass is 16.5. The number of hydrogen-bond acceptors (Lipinski definition) is 3. The van der Waals surface area contributed by atoms with Gasteiger partial charge in [-0.15, -0.1) is 0 Å². The van der Waals surface area contributed by atoms with Crippen molar-refractivity contribution in [2.24, 2.45) is 23.7 Å². The van der Waals surface area contributed by atoms with E-state index in [0.717, 1.165) is 24.0 Å². The fraction of sp³-hybridized carbons (Fsp3) is 0.524. The Balaban J connectivity index is 1.49. The molecule has 4 atom stereocenters. The highest BCUT2D eigenvalue weighted by molar-refractivity contribution is 6.22. The summed E-state index contributed by atoms with van der Waals surface area (Å²) in [7, 11) is 4.34. The predicted octanol–water partition coefficient (Wildman–Crippen LogP) is 2.47. The van der Waals surface area contributed by atoms with Gasteiger partial charge in [-0.25, -0.2) is 4.90 Å². The smallest absolute Gasteiger partial charge is 0.238 e. The lowest BCUT2D eigenvalue weighted by atomic mass is 9.85. The lowest BCUT2D eigenvalue weighted by Crippen LogP contribution is -2.42. The van der Waals surface area contributed by atoms with Crippen molar-refractivity contribution in [1.29, 1.82) is 0 Å². The summed E-state index contributed by atoms with van der Waals surface area (Å²) in [6.45, 7) is 4.70. The summed E-state index contributed by atoms with van der Waals surface area (Å²) in [5.74, 6) is 0.766. The van der Waals surface area contributed by atoms with E-state index in [-0.39, 0.29) is 35.5 Å². The zero-order valence-electron chi connectivity index (χ0n) is 15.7. The van der Waals surface area contributed by atoms with Gasteiger partial charge in [-0.1, -0.05) is 18.2 Å². The van der Waals surface area contributed by atoms with Crippen molar-refractivity contribution >= 4 is 17.5 Å². The van der Waals surface area contributed by atoms with Crippen LogP contribution in [-0.2, 0) is 9.59 Å². The van der Waals surface area contributed by atoms with Gasteiger partial charge in [0, 0.05) is 6.07 Å². The van der Waals surface area contributed by atoms with Gasteiger partial charge in [-0.2, -0.15) is 0 Å². The van der Waals surface area contributed by atoms with Crippen LogP contribution in [0.15, 0.2) is 36.4 Å². The van der Waals surface area contributed by atoms with Crippen molar-refractivity contribution in [2.45, 2.75) is 13.3 Å². The first-order valence-corrected chi connectivity index (χ1v) is 9.52. The number of rotatable bonds is 6. The van der Waals surface area contributed by atoms with Crippen LogP contribution in [-0.4, -0.2) is 50.1 Å². The molecule has 2 aliphatic carbocycles. The van der Waals surface area contributed by atoms with Gasteiger partial charge >= 0.3 is 0 Å². The maximum absolute atomic E-state index is 12.9. The minimum absolute atomic E-state index is 0.0437. The van der Waals surface area contributed by atoms with E-state index >= 15 is 0 Å². The number of carbonyl (C=O) groups is 2. The third-order valence-electron chi connectivity index (χ3n) is 6.37. The van der Waals surface area contributed by atoms with Gasteiger partial charge in [0.25, 0.3) is 0 Å². The lowest BCUT2D eigenvalue weighted by molar-refractivity contribution is -0.888. The molecule has 1 aromatic rings. The number of ether oxygens (including phenoxy) is 1.